The van der Waals surface area contributed by atoms with E-state index in [2.05, 4.69) is 24.5 Å². The maximum absolute atomic E-state index is 13.7. The summed E-state index contributed by atoms with van der Waals surface area (Å²) in [6, 6.07) is 11.7. The van der Waals surface area contributed by atoms with Gasteiger partial charge in [0.15, 0.2) is 0 Å². The third-order valence-corrected chi connectivity index (χ3v) is 6.65. The highest BCUT2D eigenvalue weighted by molar-refractivity contribution is 6.06. The highest BCUT2D eigenvalue weighted by Gasteiger charge is 2.36. The van der Waals surface area contributed by atoms with Crippen LogP contribution in [0, 0.1) is 5.41 Å². The molecule has 38 heavy (non-hydrogen) atoms. The molecule has 1 atom stereocenters. The van der Waals surface area contributed by atoms with E-state index in [0.29, 0.717) is 24.5 Å². The smallest absolute Gasteiger partial charge is 0.340 e. The zero-order valence-electron chi connectivity index (χ0n) is 22.0. The van der Waals surface area contributed by atoms with Crippen molar-refractivity contribution in [1.82, 2.24) is 10.2 Å². The van der Waals surface area contributed by atoms with Crippen LogP contribution in [0.3, 0.4) is 0 Å². The lowest BCUT2D eigenvalue weighted by molar-refractivity contribution is -0.134. The lowest BCUT2D eigenvalue weighted by Crippen LogP contribution is -2.54. The summed E-state index contributed by atoms with van der Waals surface area (Å²) in [4.78, 5) is 55.3. The largest absolute Gasteiger partial charge is 0.489 e. The molecule has 10 heteroatoms. The molecule has 1 fully saturated rings. The number of amides is 4. The molecule has 0 saturated carbocycles. The average molecular weight is 523 g/mol. The molecule has 0 aromatic heterocycles. The van der Waals surface area contributed by atoms with Crippen LogP contribution in [0.5, 0.6) is 5.75 Å². The van der Waals surface area contributed by atoms with E-state index in [1.807, 2.05) is 0 Å². The van der Waals surface area contributed by atoms with Crippen molar-refractivity contribution < 1.29 is 28.7 Å². The van der Waals surface area contributed by atoms with E-state index in [1.54, 1.807) is 60.4 Å². The Hall–Kier alpha value is -4.08. The summed E-state index contributed by atoms with van der Waals surface area (Å²) in [5.74, 6) is -0.744. The molecule has 2 heterocycles. The fourth-order valence-electron chi connectivity index (χ4n) is 4.79. The second-order valence-electron chi connectivity index (χ2n) is 10.2. The van der Waals surface area contributed by atoms with E-state index < -0.39 is 23.9 Å². The Balaban J connectivity index is 1.51. The van der Waals surface area contributed by atoms with Crippen molar-refractivity contribution in [2.75, 3.05) is 43.1 Å². The first-order chi connectivity index (χ1) is 18.2. The van der Waals surface area contributed by atoms with Crippen LogP contribution in [0.1, 0.15) is 44.0 Å². The second-order valence-corrected chi connectivity index (χ2v) is 10.2. The number of urea groups is 1. The SMILES string of the molecule is CCOC(=O)c1ccccc1NC(=O)N[C@@H]1COc2ccccc2N(CC(=O)N2CCCC(C)(C)C2)C1=O. The number of nitrogens with zero attached hydrogens (tertiary/aromatic N) is 2. The van der Waals surface area contributed by atoms with E-state index in [0.717, 1.165) is 12.8 Å². The molecule has 0 spiro atoms. The quantitative estimate of drug-likeness (QED) is 0.562. The Morgan fingerprint density at radius 3 is 2.61 bits per heavy atom. The average Bonchev–Trinajstić information content (AvgIpc) is 3.01. The van der Waals surface area contributed by atoms with Gasteiger partial charge in [-0.15, -0.1) is 0 Å². The number of benzene rings is 2. The number of hydrogen-bond acceptors (Lipinski definition) is 6. The van der Waals surface area contributed by atoms with Gasteiger partial charge in [-0.2, -0.15) is 0 Å². The van der Waals surface area contributed by atoms with Gasteiger partial charge in [0.25, 0.3) is 5.91 Å². The van der Waals surface area contributed by atoms with E-state index in [9.17, 15) is 19.2 Å². The van der Waals surface area contributed by atoms with Gasteiger partial charge in [-0.3, -0.25) is 14.5 Å². The number of anilines is 2. The number of hydrogen-bond donors (Lipinski definition) is 2. The molecule has 10 nitrogen and oxygen atoms in total. The fourth-order valence-corrected chi connectivity index (χ4v) is 4.79. The summed E-state index contributed by atoms with van der Waals surface area (Å²) in [7, 11) is 0. The van der Waals surface area contributed by atoms with Gasteiger partial charge in [-0.1, -0.05) is 38.1 Å². The third kappa shape index (κ3) is 6.24. The van der Waals surface area contributed by atoms with Crippen molar-refractivity contribution in [3.05, 3.63) is 54.1 Å². The number of rotatable bonds is 6. The zero-order valence-corrected chi connectivity index (χ0v) is 22.0. The number of carbonyl (C=O) groups is 4. The number of ether oxygens (including phenoxy) is 2. The van der Waals surface area contributed by atoms with Gasteiger partial charge in [0, 0.05) is 13.1 Å². The Kier molecular flexibility index (Phi) is 8.19. The van der Waals surface area contributed by atoms with Crippen LogP contribution >= 0.6 is 0 Å². The van der Waals surface area contributed by atoms with Crippen molar-refractivity contribution >= 4 is 35.2 Å². The minimum atomic E-state index is -1.07. The Morgan fingerprint density at radius 1 is 1.11 bits per heavy atom. The van der Waals surface area contributed by atoms with E-state index >= 15 is 0 Å². The Labute approximate surface area is 222 Å². The second kappa shape index (κ2) is 11.5. The molecular formula is C28H34N4O6. The van der Waals surface area contributed by atoms with Gasteiger partial charge in [0.05, 0.1) is 23.5 Å². The van der Waals surface area contributed by atoms with E-state index in [-0.39, 0.29) is 42.3 Å². The summed E-state index contributed by atoms with van der Waals surface area (Å²) in [6.07, 6.45) is 1.94. The minimum absolute atomic E-state index is 0.0136. The lowest BCUT2D eigenvalue weighted by atomic mass is 9.84. The maximum atomic E-state index is 13.7. The molecule has 202 valence electrons. The normalized spacial score (nSPS) is 18.5. The summed E-state index contributed by atoms with van der Waals surface area (Å²) in [5.41, 5.74) is 0.921. The molecule has 2 N–H and O–H groups in total. The summed E-state index contributed by atoms with van der Waals surface area (Å²) in [5, 5.41) is 5.27. The molecule has 2 aromatic rings. The van der Waals surface area contributed by atoms with Crippen LogP contribution in [0.25, 0.3) is 0 Å². The number of para-hydroxylation sites is 3. The van der Waals surface area contributed by atoms with Gasteiger partial charge in [-0.05, 0) is 49.4 Å². The fraction of sp³-hybridized carbons (Fsp3) is 0.429. The Morgan fingerprint density at radius 2 is 1.84 bits per heavy atom. The number of esters is 1. The van der Waals surface area contributed by atoms with Gasteiger partial charge >= 0.3 is 12.0 Å². The van der Waals surface area contributed by atoms with Crippen LogP contribution < -0.4 is 20.3 Å². The molecular weight excluding hydrogens is 488 g/mol. The van der Waals surface area contributed by atoms with E-state index in [4.69, 9.17) is 9.47 Å². The van der Waals surface area contributed by atoms with E-state index in [1.165, 1.54) is 4.90 Å². The first kappa shape index (κ1) is 27.0. The molecule has 4 amide bonds. The third-order valence-electron chi connectivity index (χ3n) is 6.65. The zero-order chi connectivity index (χ0) is 27.3. The predicted octanol–water partition coefficient (Wildman–Crippen LogP) is 3.43. The first-order valence-corrected chi connectivity index (χ1v) is 12.8. The molecule has 4 rings (SSSR count). The maximum Gasteiger partial charge on any atom is 0.340 e. The monoisotopic (exact) mass is 522 g/mol. The summed E-state index contributed by atoms with van der Waals surface area (Å²) >= 11 is 0. The Bertz CT molecular complexity index is 1210. The number of piperidine rings is 1. The predicted molar refractivity (Wildman–Crippen MR) is 142 cm³/mol. The molecule has 1 saturated heterocycles. The van der Waals surface area contributed by atoms with Crippen molar-refractivity contribution in [2.45, 2.75) is 39.7 Å². The van der Waals surface area contributed by atoms with Crippen molar-refractivity contribution in [1.29, 1.82) is 0 Å². The van der Waals surface area contributed by atoms with Crippen LogP contribution in [0.4, 0.5) is 16.2 Å². The molecule has 2 aliphatic rings. The number of likely N-dealkylation sites (tertiary alicyclic amines) is 1. The number of nitrogens with one attached hydrogen (secondary N) is 2. The highest BCUT2D eigenvalue weighted by atomic mass is 16.5. The van der Waals surface area contributed by atoms with Crippen molar-refractivity contribution in [3.8, 4) is 5.75 Å². The molecule has 0 unspecified atom stereocenters. The van der Waals surface area contributed by atoms with Gasteiger partial charge in [0.2, 0.25) is 5.91 Å². The first-order valence-electron chi connectivity index (χ1n) is 12.8. The summed E-state index contributed by atoms with van der Waals surface area (Å²) in [6.45, 7) is 7.13. The minimum Gasteiger partial charge on any atom is -0.489 e. The molecule has 0 aliphatic carbocycles. The number of fused-ring (bicyclic) bond motifs is 1. The van der Waals surface area contributed by atoms with Crippen molar-refractivity contribution in [3.63, 3.8) is 0 Å². The summed E-state index contributed by atoms with van der Waals surface area (Å²) < 4.78 is 10.9. The van der Waals surface area contributed by atoms with Crippen LogP contribution in [-0.2, 0) is 14.3 Å². The molecule has 0 bridgehead atoms. The van der Waals surface area contributed by atoms with Gasteiger partial charge < -0.3 is 25.0 Å². The highest BCUT2D eigenvalue weighted by Crippen LogP contribution is 2.32. The molecule has 2 aromatic carbocycles. The molecule has 0 radical (unpaired) electrons. The molecule has 2 aliphatic heterocycles. The standard InChI is InChI=1S/C28H34N4O6/c1-4-37-26(35)19-10-5-6-11-20(19)29-27(36)30-21-17-38-23-13-8-7-12-22(23)32(25(21)34)16-24(33)31-15-9-14-28(2,3)18-31/h5-8,10-13,21H,4,9,14-18H2,1-3H3,(H2,29,30,36)/t21-/m1/s1. The van der Waals surface area contributed by atoms with Crippen LogP contribution in [-0.4, -0.2) is 67.6 Å². The van der Waals surface area contributed by atoms with Crippen molar-refractivity contribution in [2.24, 2.45) is 5.41 Å². The van der Waals surface area contributed by atoms with Gasteiger partial charge in [-0.25, -0.2) is 9.59 Å². The topological polar surface area (TPSA) is 117 Å². The van der Waals surface area contributed by atoms with Gasteiger partial charge in [0.1, 0.15) is 24.9 Å². The lowest BCUT2D eigenvalue weighted by Gasteiger charge is -2.39. The van der Waals surface area contributed by atoms with Crippen LogP contribution in [0.2, 0.25) is 0 Å². The number of carbonyl (C=O) groups excluding carboxylic acids is 4. The van der Waals surface area contributed by atoms with Crippen LogP contribution in [0.15, 0.2) is 48.5 Å².